The summed E-state index contributed by atoms with van der Waals surface area (Å²) in [4.78, 5) is 25.2. The van der Waals surface area contributed by atoms with Crippen molar-refractivity contribution < 1.29 is 22.7 Å². The van der Waals surface area contributed by atoms with E-state index in [0.29, 0.717) is 17.6 Å². The molecule has 0 heterocycles. The van der Waals surface area contributed by atoms with Gasteiger partial charge in [-0.25, -0.2) is 13.2 Å². The van der Waals surface area contributed by atoms with Crippen molar-refractivity contribution in [2.45, 2.75) is 51.0 Å². The highest BCUT2D eigenvalue weighted by Gasteiger charge is 2.46. The molecule has 162 valence electrons. The zero-order chi connectivity index (χ0) is 22.2. The monoisotopic (exact) mass is 431 g/mol. The molecule has 1 N–H and O–H groups in total. The number of aryl methyl sites for hydroxylation is 1. The van der Waals surface area contributed by atoms with E-state index in [-0.39, 0.29) is 28.4 Å². The fourth-order valence-electron chi connectivity index (χ4n) is 4.65. The van der Waals surface area contributed by atoms with E-state index in [9.17, 15) is 18.0 Å². The van der Waals surface area contributed by atoms with Crippen LogP contribution in [0.15, 0.2) is 52.5 Å². The Bertz CT molecular complexity index is 1010. The van der Waals surface area contributed by atoms with Crippen LogP contribution in [-0.4, -0.2) is 33.3 Å². The second-order valence-corrected chi connectivity index (χ2v) is 10.1. The third kappa shape index (κ3) is 4.14. The van der Waals surface area contributed by atoms with Gasteiger partial charge < -0.3 is 4.74 Å². The van der Waals surface area contributed by atoms with Crippen LogP contribution in [0, 0.1) is 24.7 Å². The lowest BCUT2D eigenvalue weighted by Crippen LogP contribution is -2.44. The predicted octanol–water partition coefficient (Wildman–Crippen LogP) is 3.32. The van der Waals surface area contributed by atoms with E-state index in [0.717, 1.165) is 24.0 Å². The van der Waals surface area contributed by atoms with Crippen molar-refractivity contribution in [1.29, 1.82) is 0 Å². The smallest absolute Gasteiger partial charge is 0.333 e. The Labute approximate surface area is 178 Å². The number of hydrogen-bond acceptors (Lipinski definition) is 5. The second kappa shape index (κ2) is 8.47. The molecule has 7 heteroatoms. The van der Waals surface area contributed by atoms with Crippen LogP contribution in [0.3, 0.4) is 0 Å². The average Bonchev–Trinajstić information content (AvgIpc) is 2.84. The van der Waals surface area contributed by atoms with Gasteiger partial charge in [-0.3, -0.25) is 4.79 Å². The lowest BCUT2D eigenvalue weighted by Gasteiger charge is -2.26. The van der Waals surface area contributed by atoms with E-state index >= 15 is 0 Å². The standard InChI is InChI=1S/C23H29NO5S/c1-13-6-10-18(11-7-13)30(27,28)24-21-20-14(2)8-9-17(15(3)23(26)29-5)12-19(20)16(4)22(21)25/h6-7,10-11,14,17,20-21,24H,3,8-9,12H2,1-2,4-5H3/t14-,17+,20-,21-/m0/s1. The lowest BCUT2D eigenvalue weighted by atomic mass is 9.84. The topological polar surface area (TPSA) is 89.5 Å². The van der Waals surface area contributed by atoms with Gasteiger partial charge in [-0.15, -0.1) is 0 Å². The van der Waals surface area contributed by atoms with Gasteiger partial charge in [0, 0.05) is 11.5 Å². The fourth-order valence-corrected chi connectivity index (χ4v) is 5.87. The zero-order valence-corrected chi connectivity index (χ0v) is 18.7. The van der Waals surface area contributed by atoms with Crippen LogP contribution >= 0.6 is 0 Å². The number of ketones is 1. The number of ether oxygens (including phenoxy) is 1. The van der Waals surface area contributed by atoms with Crippen LogP contribution in [0.4, 0.5) is 0 Å². The van der Waals surface area contributed by atoms with E-state index in [4.69, 9.17) is 4.74 Å². The first kappa shape index (κ1) is 22.4. The minimum atomic E-state index is -3.84. The highest BCUT2D eigenvalue weighted by Crippen LogP contribution is 2.45. The molecule has 0 unspecified atom stereocenters. The SMILES string of the molecule is C=C(C(=O)OC)[C@@H]1CC[C@H](C)[C@H]2C(=C(C)C(=O)[C@H]2NS(=O)(=O)c2ccc(C)cc2)C1. The minimum absolute atomic E-state index is 0.0857. The van der Waals surface area contributed by atoms with E-state index in [1.165, 1.54) is 7.11 Å². The Kier molecular flexibility index (Phi) is 6.34. The van der Waals surface area contributed by atoms with Crippen molar-refractivity contribution in [2.24, 2.45) is 17.8 Å². The van der Waals surface area contributed by atoms with Crippen molar-refractivity contribution >= 4 is 21.8 Å². The van der Waals surface area contributed by atoms with Crippen LogP contribution in [0.5, 0.6) is 0 Å². The summed E-state index contributed by atoms with van der Waals surface area (Å²) in [6.45, 7) is 9.58. The average molecular weight is 432 g/mol. The molecule has 0 bridgehead atoms. The van der Waals surface area contributed by atoms with E-state index < -0.39 is 22.0 Å². The lowest BCUT2D eigenvalue weighted by molar-refractivity contribution is -0.136. The predicted molar refractivity (Wildman–Crippen MR) is 114 cm³/mol. The number of methoxy groups -OCH3 is 1. The number of benzene rings is 1. The molecule has 3 rings (SSSR count). The molecule has 0 aliphatic heterocycles. The largest absolute Gasteiger partial charge is 0.466 e. The van der Waals surface area contributed by atoms with Crippen LogP contribution in [0.25, 0.3) is 0 Å². The molecular weight excluding hydrogens is 402 g/mol. The van der Waals surface area contributed by atoms with Crippen LogP contribution in [0.2, 0.25) is 0 Å². The number of rotatable bonds is 5. The van der Waals surface area contributed by atoms with E-state index in [2.05, 4.69) is 11.3 Å². The molecule has 1 aromatic carbocycles. The molecule has 0 amide bonds. The van der Waals surface area contributed by atoms with Gasteiger partial charge in [0.1, 0.15) is 0 Å². The van der Waals surface area contributed by atoms with Crippen molar-refractivity contribution in [1.82, 2.24) is 4.72 Å². The second-order valence-electron chi connectivity index (χ2n) is 8.42. The first-order valence-electron chi connectivity index (χ1n) is 10.2. The highest BCUT2D eigenvalue weighted by molar-refractivity contribution is 7.89. The maximum Gasteiger partial charge on any atom is 0.333 e. The van der Waals surface area contributed by atoms with E-state index in [1.807, 2.05) is 13.8 Å². The number of nitrogens with one attached hydrogen (secondary N) is 1. The Morgan fingerprint density at radius 3 is 2.40 bits per heavy atom. The summed E-state index contributed by atoms with van der Waals surface area (Å²) in [5.74, 6) is -0.891. The minimum Gasteiger partial charge on any atom is -0.466 e. The van der Waals surface area contributed by atoms with Gasteiger partial charge >= 0.3 is 5.97 Å². The zero-order valence-electron chi connectivity index (χ0n) is 17.9. The van der Waals surface area contributed by atoms with E-state index in [1.54, 1.807) is 31.2 Å². The molecule has 2 aliphatic carbocycles. The molecule has 2 aliphatic rings. The first-order chi connectivity index (χ1) is 14.1. The number of carbonyl (C=O) groups excluding carboxylic acids is 2. The summed E-state index contributed by atoms with van der Waals surface area (Å²) in [6.07, 6.45) is 2.02. The summed E-state index contributed by atoms with van der Waals surface area (Å²) in [6, 6.07) is 5.73. The Morgan fingerprint density at radius 2 is 1.80 bits per heavy atom. The first-order valence-corrected chi connectivity index (χ1v) is 11.6. The van der Waals surface area contributed by atoms with Crippen molar-refractivity contribution in [3.05, 3.63) is 53.1 Å². The molecule has 30 heavy (non-hydrogen) atoms. The fraction of sp³-hybridized carbons (Fsp3) is 0.478. The van der Waals surface area contributed by atoms with Gasteiger partial charge in [0.2, 0.25) is 10.0 Å². The number of fused-ring (bicyclic) bond motifs is 1. The summed E-state index contributed by atoms with van der Waals surface area (Å²) in [7, 11) is -2.51. The number of esters is 1. The maximum absolute atomic E-state index is 13.1. The van der Waals surface area contributed by atoms with Gasteiger partial charge in [0.15, 0.2) is 5.78 Å². The van der Waals surface area contributed by atoms with Crippen molar-refractivity contribution in [3.8, 4) is 0 Å². The maximum atomic E-state index is 13.1. The summed E-state index contributed by atoms with van der Waals surface area (Å²) in [5.41, 5.74) is 2.88. The highest BCUT2D eigenvalue weighted by atomic mass is 32.2. The van der Waals surface area contributed by atoms with Gasteiger partial charge in [-0.2, -0.15) is 4.72 Å². The number of Topliss-reactive ketones (excluding diaryl/α,β-unsaturated/α-hetero) is 1. The number of sulfonamides is 1. The normalized spacial score (nSPS) is 26.9. The Morgan fingerprint density at radius 1 is 1.17 bits per heavy atom. The molecule has 0 aromatic heterocycles. The third-order valence-corrected chi connectivity index (χ3v) is 7.96. The molecular formula is C23H29NO5S. The van der Waals surface area contributed by atoms with Crippen molar-refractivity contribution in [2.75, 3.05) is 7.11 Å². The Balaban J connectivity index is 1.90. The van der Waals surface area contributed by atoms with Crippen LogP contribution in [0.1, 0.15) is 38.7 Å². The van der Waals surface area contributed by atoms with Crippen molar-refractivity contribution in [3.63, 3.8) is 0 Å². The molecule has 0 saturated heterocycles. The number of hydrogen-bond donors (Lipinski definition) is 1. The molecule has 6 nitrogen and oxygen atoms in total. The van der Waals surface area contributed by atoms with Crippen LogP contribution < -0.4 is 4.72 Å². The Hall–Kier alpha value is -2.25. The van der Waals surface area contributed by atoms with Gasteiger partial charge in [-0.05, 0) is 62.7 Å². The summed E-state index contributed by atoms with van der Waals surface area (Å²) >= 11 is 0. The summed E-state index contributed by atoms with van der Waals surface area (Å²) in [5, 5.41) is 0. The molecule has 1 aromatic rings. The van der Waals surface area contributed by atoms with Crippen LogP contribution in [-0.2, 0) is 24.3 Å². The molecule has 0 spiro atoms. The van der Waals surface area contributed by atoms with Gasteiger partial charge in [0.05, 0.1) is 18.0 Å². The quantitative estimate of drug-likeness (QED) is 0.571. The number of carbonyl (C=O) groups is 2. The van der Waals surface area contributed by atoms with Gasteiger partial charge in [0.25, 0.3) is 0 Å². The third-order valence-electron chi connectivity index (χ3n) is 6.50. The molecule has 1 fully saturated rings. The van der Waals surface area contributed by atoms with Gasteiger partial charge in [-0.1, -0.05) is 36.8 Å². The molecule has 0 radical (unpaired) electrons. The molecule has 1 saturated carbocycles. The molecule has 4 atom stereocenters. The summed E-state index contributed by atoms with van der Waals surface area (Å²) < 4.78 is 33.4.